The Bertz CT molecular complexity index is 819. The fourth-order valence-corrected chi connectivity index (χ4v) is 3.25. The number of amides is 1. The van der Waals surface area contributed by atoms with Gasteiger partial charge in [-0.15, -0.1) is 0 Å². The average molecular weight is 345 g/mol. The van der Waals surface area contributed by atoms with Crippen LogP contribution in [0.2, 0.25) is 0 Å². The van der Waals surface area contributed by atoms with Crippen molar-refractivity contribution in [3.05, 3.63) is 18.0 Å². The van der Waals surface area contributed by atoms with Crippen LogP contribution in [0.3, 0.4) is 0 Å². The fraction of sp³-hybridized carbons (Fsp3) is 0.500. The summed E-state index contributed by atoms with van der Waals surface area (Å²) in [6.07, 6.45) is 1.69. The molecule has 9 nitrogen and oxygen atoms in total. The van der Waals surface area contributed by atoms with Gasteiger partial charge in [0, 0.05) is 45.0 Å². The molecule has 1 atom stereocenters. The maximum absolute atomic E-state index is 11.3. The molecule has 3 rings (SSSR count). The molecule has 3 N–H and O–H groups in total. The molecule has 25 heavy (non-hydrogen) atoms. The minimum Gasteiger partial charge on any atom is -0.465 e. The Morgan fingerprint density at radius 1 is 1.44 bits per heavy atom. The van der Waals surface area contributed by atoms with E-state index in [9.17, 15) is 9.90 Å². The van der Waals surface area contributed by atoms with Gasteiger partial charge in [0.05, 0.1) is 16.9 Å². The zero-order chi connectivity index (χ0) is 18.4. The van der Waals surface area contributed by atoms with Crippen LogP contribution in [-0.4, -0.2) is 61.5 Å². The van der Waals surface area contributed by atoms with Crippen molar-refractivity contribution >= 4 is 17.9 Å². The molecule has 1 aliphatic rings. The standard InChI is InChI=1S/C16H23N7O2/c1-10-11(8-21(3)20-10)12-7-13(19-14(17)18-12)23-6-5-16(2,9-23)22(4)15(24)25/h7-8H,5-6,9H2,1-4H3,(H,24,25)(H2,17,18,19). The summed E-state index contributed by atoms with van der Waals surface area (Å²) in [5.74, 6) is 0.893. The number of aryl methyl sites for hydroxylation is 2. The van der Waals surface area contributed by atoms with Crippen molar-refractivity contribution < 1.29 is 9.90 Å². The first-order valence-corrected chi connectivity index (χ1v) is 8.06. The second-order valence-electron chi connectivity index (χ2n) is 6.78. The number of nitrogen functional groups attached to an aromatic ring is 1. The van der Waals surface area contributed by atoms with Gasteiger partial charge in [-0.25, -0.2) is 9.78 Å². The van der Waals surface area contributed by atoms with E-state index in [1.165, 1.54) is 4.90 Å². The van der Waals surface area contributed by atoms with Gasteiger partial charge in [0.15, 0.2) is 0 Å². The number of hydrogen-bond acceptors (Lipinski definition) is 6. The predicted octanol–water partition coefficient (Wildman–Crippen LogP) is 1.35. The maximum Gasteiger partial charge on any atom is 0.407 e. The molecular weight excluding hydrogens is 322 g/mol. The van der Waals surface area contributed by atoms with E-state index in [0.29, 0.717) is 24.6 Å². The zero-order valence-electron chi connectivity index (χ0n) is 14.9. The van der Waals surface area contributed by atoms with Gasteiger partial charge in [-0.2, -0.15) is 10.1 Å². The molecule has 2 aromatic heterocycles. The van der Waals surface area contributed by atoms with Gasteiger partial charge >= 0.3 is 6.09 Å². The molecule has 0 radical (unpaired) electrons. The summed E-state index contributed by atoms with van der Waals surface area (Å²) < 4.78 is 1.73. The normalized spacial score (nSPS) is 20.1. The summed E-state index contributed by atoms with van der Waals surface area (Å²) in [4.78, 5) is 23.4. The molecular formula is C16H23N7O2. The number of nitrogens with two attached hydrogens (primary N) is 1. The number of carboxylic acid groups (broad SMARTS) is 1. The molecule has 1 saturated heterocycles. The second kappa shape index (κ2) is 5.91. The van der Waals surface area contributed by atoms with Crippen LogP contribution in [0, 0.1) is 6.92 Å². The molecule has 0 aromatic carbocycles. The summed E-state index contributed by atoms with van der Waals surface area (Å²) in [6, 6.07) is 1.88. The van der Waals surface area contributed by atoms with Crippen LogP contribution in [0.4, 0.5) is 16.6 Å². The van der Waals surface area contributed by atoms with Crippen molar-refractivity contribution in [2.45, 2.75) is 25.8 Å². The number of aromatic nitrogens is 4. The quantitative estimate of drug-likeness (QED) is 0.863. The van der Waals surface area contributed by atoms with Crippen LogP contribution in [0.5, 0.6) is 0 Å². The average Bonchev–Trinajstić information content (AvgIpc) is 3.09. The molecule has 0 bridgehead atoms. The number of hydrogen-bond donors (Lipinski definition) is 2. The minimum absolute atomic E-state index is 0.191. The lowest BCUT2D eigenvalue weighted by atomic mass is 10.0. The molecule has 1 aliphatic heterocycles. The van der Waals surface area contributed by atoms with Crippen LogP contribution < -0.4 is 10.6 Å². The maximum atomic E-state index is 11.3. The molecule has 134 valence electrons. The number of likely N-dealkylation sites (N-methyl/N-ethyl adjacent to an activating group) is 1. The number of rotatable bonds is 3. The fourth-order valence-electron chi connectivity index (χ4n) is 3.25. The topological polar surface area (TPSA) is 113 Å². The largest absolute Gasteiger partial charge is 0.465 e. The Morgan fingerprint density at radius 3 is 2.76 bits per heavy atom. The smallest absolute Gasteiger partial charge is 0.407 e. The highest BCUT2D eigenvalue weighted by Gasteiger charge is 2.40. The predicted molar refractivity (Wildman–Crippen MR) is 94.4 cm³/mol. The van der Waals surface area contributed by atoms with E-state index in [1.807, 2.05) is 38.1 Å². The third kappa shape index (κ3) is 3.09. The van der Waals surface area contributed by atoms with Gasteiger partial charge in [-0.05, 0) is 20.3 Å². The van der Waals surface area contributed by atoms with Crippen molar-refractivity contribution in [2.75, 3.05) is 30.8 Å². The third-order valence-corrected chi connectivity index (χ3v) is 4.89. The van der Waals surface area contributed by atoms with Crippen molar-refractivity contribution in [3.63, 3.8) is 0 Å². The Labute approximate surface area is 146 Å². The first kappa shape index (κ1) is 17.0. The van der Waals surface area contributed by atoms with E-state index in [4.69, 9.17) is 5.73 Å². The van der Waals surface area contributed by atoms with Crippen LogP contribution in [0.15, 0.2) is 12.3 Å². The lowest BCUT2D eigenvalue weighted by Gasteiger charge is -2.33. The van der Waals surface area contributed by atoms with Crippen molar-refractivity contribution in [3.8, 4) is 11.3 Å². The van der Waals surface area contributed by atoms with Gasteiger partial charge in [0.25, 0.3) is 0 Å². The molecule has 2 aromatic rings. The van der Waals surface area contributed by atoms with Crippen molar-refractivity contribution in [1.29, 1.82) is 0 Å². The van der Waals surface area contributed by atoms with Gasteiger partial charge in [0.2, 0.25) is 5.95 Å². The molecule has 0 spiro atoms. The van der Waals surface area contributed by atoms with Gasteiger partial charge in [-0.3, -0.25) is 4.68 Å². The molecule has 9 heteroatoms. The molecule has 0 saturated carbocycles. The Morgan fingerprint density at radius 2 is 2.16 bits per heavy atom. The van der Waals surface area contributed by atoms with E-state index in [0.717, 1.165) is 17.7 Å². The highest BCUT2D eigenvalue weighted by Crippen LogP contribution is 2.32. The van der Waals surface area contributed by atoms with E-state index >= 15 is 0 Å². The third-order valence-electron chi connectivity index (χ3n) is 4.89. The van der Waals surface area contributed by atoms with Gasteiger partial charge < -0.3 is 20.6 Å². The second-order valence-corrected chi connectivity index (χ2v) is 6.78. The Kier molecular flexibility index (Phi) is 4.02. The summed E-state index contributed by atoms with van der Waals surface area (Å²) in [5, 5.41) is 13.6. The summed E-state index contributed by atoms with van der Waals surface area (Å²) >= 11 is 0. The van der Waals surface area contributed by atoms with Crippen molar-refractivity contribution in [1.82, 2.24) is 24.6 Å². The van der Waals surface area contributed by atoms with E-state index < -0.39 is 11.6 Å². The van der Waals surface area contributed by atoms with Gasteiger partial charge in [-0.1, -0.05) is 0 Å². The highest BCUT2D eigenvalue weighted by atomic mass is 16.4. The minimum atomic E-state index is -0.932. The molecule has 1 amide bonds. The number of nitrogens with zero attached hydrogens (tertiary/aromatic N) is 6. The molecule has 1 fully saturated rings. The Hall–Kier alpha value is -2.84. The van der Waals surface area contributed by atoms with Gasteiger partial charge in [0.1, 0.15) is 5.82 Å². The molecule has 0 aliphatic carbocycles. The van der Waals surface area contributed by atoms with Crippen LogP contribution in [0.1, 0.15) is 19.0 Å². The van der Waals surface area contributed by atoms with Crippen LogP contribution >= 0.6 is 0 Å². The number of carbonyl (C=O) groups is 1. The lowest BCUT2D eigenvalue weighted by molar-refractivity contribution is 0.111. The monoisotopic (exact) mass is 345 g/mol. The van der Waals surface area contributed by atoms with Crippen LogP contribution in [-0.2, 0) is 7.05 Å². The first-order chi connectivity index (χ1) is 11.7. The highest BCUT2D eigenvalue weighted by molar-refractivity contribution is 5.67. The summed E-state index contributed by atoms with van der Waals surface area (Å²) in [7, 11) is 3.46. The van der Waals surface area contributed by atoms with E-state index in [-0.39, 0.29) is 5.95 Å². The summed E-state index contributed by atoms with van der Waals surface area (Å²) in [5.41, 5.74) is 7.94. The van der Waals surface area contributed by atoms with E-state index in [2.05, 4.69) is 15.1 Å². The molecule has 3 heterocycles. The van der Waals surface area contributed by atoms with Crippen LogP contribution in [0.25, 0.3) is 11.3 Å². The van der Waals surface area contributed by atoms with E-state index in [1.54, 1.807) is 11.7 Å². The lowest BCUT2D eigenvalue weighted by Crippen LogP contribution is -2.48. The summed E-state index contributed by atoms with van der Waals surface area (Å²) in [6.45, 7) is 5.12. The van der Waals surface area contributed by atoms with Crippen molar-refractivity contribution in [2.24, 2.45) is 7.05 Å². The Balaban J connectivity index is 1.92. The molecule has 1 unspecified atom stereocenters. The number of anilines is 2. The SMILES string of the molecule is Cc1nn(C)cc1-c1cc(N2CCC(C)(N(C)C(=O)O)C2)nc(N)n1. The first-order valence-electron chi connectivity index (χ1n) is 8.06. The zero-order valence-corrected chi connectivity index (χ0v) is 14.9.